The third-order valence-electron chi connectivity index (χ3n) is 3.26. The number of benzene rings is 1. The van der Waals surface area contributed by atoms with Gasteiger partial charge in [0.2, 0.25) is 10.0 Å². The maximum atomic E-state index is 12.4. The topological polar surface area (TPSA) is 92.9 Å². The molecule has 19 heavy (non-hydrogen) atoms. The molecule has 1 fully saturated rings. The van der Waals surface area contributed by atoms with Crippen molar-refractivity contribution in [3.63, 3.8) is 0 Å². The predicted octanol–water partition coefficient (Wildman–Crippen LogP) is 0.423. The number of sulfonamides is 1. The molecular formula is C12H18N2O4S. The van der Waals surface area contributed by atoms with Gasteiger partial charge in [0.05, 0.1) is 23.3 Å². The molecule has 6 nitrogen and oxygen atoms in total. The zero-order chi connectivity index (χ0) is 14.3. The molecule has 0 amide bonds. The molecule has 0 saturated carbocycles. The lowest BCUT2D eigenvalue weighted by Gasteiger charge is -2.19. The van der Waals surface area contributed by atoms with Crippen molar-refractivity contribution < 1.29 is 18.3 Å². The predicted molar refractivity (Wildman–Crippen MR) is 71.4 cm³/mol. The number of anilines is 1. The molecule has 3 N–H and O–H groups in total. The zero-order valence-electron chi connectivity index (χ0n) is 11.0. The highest BCUT2D eigenvalue weighted by Gasteiger charge is 2.38. The van der Waals surface area contributed by atoms with E-state index in [0.717, 1.165) is 0 Å². The van der Waals surface area contributed by atoms with E-state index in [1.807, 2.05) is 0 Å². The van der Waals surface area contributed by atoms with Crippen molar-refractivity contribution in [1.29, 1.82) is 0 Å². The quantitative estimate of drug-likeness (QED) is 0.786. The van der Waals surface area contributed by atoms with Gasteiger partial charge in [0.15, 0.2) is 0 Å². The molecule has 1 saturated heterocycles. The number of methoxy groups -OCH3 is 1. The van der Waals surface area contributed by atoms with E-state index in [0.29, 0.717) is 18.7 Å². The Kier molecular flexibility index (Phi) is 3.46. The van der Waals surface area contributed by atoms with Gasteiger partial charge in [0, 0.05) is 13.1 Å². The van der Waals surface area contributed by atoms with Crippen molar-refractivity contribution in [3.8, 4) is 5.75 Å². The summed E-state index contributed by atoms with van der Waals surface area (Å²) in [6, 6.07) is 4.36. The Morgan fingerprint density at radius 1 is 1.47 bits per heavy atom. The van der Waals surface area contributed by atoms with E-state index in [9.17, 15) is 13.5 Å². The highest BCUT2D eigenvalue weighted by molar-refractivity contribution is 7.89. The Morgan fingerprint density at radius 2 is 2.16 bits per heavy atom. The van der Waals surface area contributed by atoms with Crippen molar-refractivity contribution in [2.75, 3.05) is 25.9 Å². The first-order chi connectivity index (χ1) is 8.76. The molecule has 1 unspecified atom stereocenters. The fourth-order valence-corrected chi connectivity index (χ4v) is 3.72. The molecule has 7 heteroatoms. The molecule has 106 valence electrons. The first-order valence-corrected chi connectivity index (χ1v) is 7.36. The molecule has 1 aromatic rings. The van der Waals surface area contributed by atoms with Crippen LogP contribution in [-0.2, 0) is 10.0 Å². The van der Waals surface area contributed by atoms with Gasteiger partial charge in [0.1, 0.15) is 5.75 Å². The maximum Gasteiger partial charge on any atom is 0.243 e. The van der Waals surface area contributed by atoms with Crippen LogP contribution in [0.25, 0.3) is 0 Å². The highest BCUT2D eigenvalue weighted by atomic mass is 32.2. The number of hydrogen-bond acceptors (Lipinski definition) is 5. The number of β-amino-alcohol motifs (C(OH)–C–C–N with tert-alkyl or cyclic N) is 1. The number of ether oxygens (including phenoxy) is 1. The Morgan fingerprint density at radius 3 is 2.63 bits per heavy atom. The summed E-state index contributed by atoms with van der Waals surface area (Å²) in [5.74, 6) is 0.437. The van der Waals surface area contributed by atoms with E-state index in [1.54, 1.807) is 6.92 Å². The van der Waals surface area contributed by atoms with E-state index in [4.69, 9.17) is 10.5 Å². The van der Waals surface area contributed by atoms with Gasteiger partial charge in [0.25, 0.3) is 0 Å². The molecule has 1 aliphatic rings. The standard InChI is InChI=1S/C12H18N2O4S/c1-12(15)5-6-14(8-12)19(16,17)9-3-4-11(18-2)10(13)7-9/h3-4,7,15H,5-6,8,13H2,1-2H3. The fraction of sp³-hybridized carbons (Fsp3) is 0.500. The summed E-state index contributed by atoms with van der Waals surface area (Å²) in [5.41, 5.74) is 5.03. The van der Waals surface area contributed by atoms with Crippen molar-refractivity contribution in [1.82, 2.24) is 4.31 Å². The summed E-state index contributed by atoms with van der Waals surface area (Å²) in [4.78, 5) is 0.114. The molecule has 0 radical (unpaired) electrons. The van der Waals surface area contributed by atoms with Crippen LogP contribution in [0, 0.1) is 0 Å². The van der Waals surface area contributed by atoms with Gasteiger partial charge in [-0.3, -0.25) is 0 Å². The average Bonchev–Trinajstić information content (AvgIpc) is 2.70. The van der Waals surface area contributed by atoms with Crippen molar-refractivity contribution >= 4 is 15.7 Å². The number of nitrogens with two attached hydrogens (primary N) is 1. The van der Waals surface area contributed by atoms with Gasteiger partial charge in [-0.05, 0) is 31.5 Å². The third kappa shape index (κ3) is 2.68. The van der Waals surface area contributed by atoms with Crippen LogP contribution in [0.2, 0.25) is 0 Å². The van der Waals surface area contributed by atoms with Crippen molar-refractivity contribution in [2.24, 2.45) is 0 Å². The summed E-state index contributed by atoms with van der Waals surface area (Å²) in [5, 5.41) is 9.86. The number of nitrogens with zero attached hydrogens (tertiary/aromatic N) is 1. The summed E-state index contributed by atoms with van der Waals surface area (Å²) < 4.78 is 31.1. The smallest absolute Gasteiger partial charge is 0.243 e. The number of nitrogen functional groups attached to an aromatic ring is 1. The second-order valence-electron chi connectivity index (χ2n) is 4.99. The van der Waals surface area contributed by atoms with E-state index in [1.165, 1.54) is 29.6 Å². The lowest BCUT2D eigenvalue weighted by atomic mass is 10.1. The summed E-state index contributed by atoms with van der Waals surface area (Å²) >= 11 is 0. The van der Waals surface area contributed by atoms with Gasteiger partial charge in [-0.1, -0.05) is 0 Å². The number of aliphatic hydroxyl groups is 1. The number of rotatable bonds is 3. The van der Waals surface area contributed by atoms with Gasteiger partial charge in [-0.15, -0.1) is 0 Å². The zero-order valence-corrected chi connectivity index (χ0v) is 11.8. The van der Waals surface area contributed by atoms with Crippen LogP contribution in [-0.4, -0.2) is 43.6 Å². The Balaban J connectivity index is 2.33. The SMILES string of the molecule is COc1ccc(S(=O)(=O)N2CCC(C)(O)C2)cc1N. The van der Waals surface area contributed by atoms with Crippen LogP contribution >= 0.6 is 0 Å². The average molecular weight is 286 g/mol. The molecule has 1 aliphatic heterocycles. The summed E-state index contributed by atoms with van der Waals surface area (Å²) in [6.45, 7) is 2.04. The second kappa shape index (κ2) is 4.66. The van der Waals surface area contributed by atoms with Gasteiger partial charge >= 0.3 is 0 Å². The fourth-order valence-electron chi connectivity index (χ4n) is 2.13. The Bertz CT molecular complexity index is 583. The molecule has 1 aromatic carbocycles. The molecule has 2 rings (SSSR count). The minimum Gasteiger partial charge on any atom is -0.495 e. The van der Waals surface area contributed by atoms with Gasteiger partial charge < -0.3 is 15.6 Å². The van der Waals surface area contributed by atoms with Crippen LogP contribution < -0.4 is 10.5 Å². The minimum absolute atomic E-state index is 0.0985. The molecule has 1 heterocycles. The first kappa shape index (κ1) is 14.1. The van der Waals surface area contributed by atoms with E-state index < -0.39 is 15.6 Å². The van der Waals surface area contributed by atoms with Crippen molar-refractivity contribution in [3.05, 3.63) is 18.2 Å². The van der Waals surface area contributed by atoms with E-state index in [2.05, 4.69) is 0 Å². The van der Waals surface area contributed by atoms with Crippen LogP contribution in [0.4, 0.5) is 5.69 Å². The van der Waals surface area contributed by atoms with Crippen LogP contribution in [0.3, 0.4) is 0 Å². The lowest BCUT2D eigenvalue weighted by Crippen LogP contribution is -2.33. The maximum absolute atomic E-state index is 12.4. The molecule has 1 atom stereocenters. The molecule has 0 aromatic heterocycles. The highest BCUT2D eigenvalue weighted by Crippen LogP contribution is 2.30. The first-order valence-electron chi connectivity index (χ1n) is 5.92. The molecular weight excluding hydrogens is 268 g/mol. The number of hydrogen-bond donors (Lipinski definition) is 2. The van der Waals surface area contributed by atoms with Gasteiger partial charge in [-0.25, -0.2) is 8.42 Å². The molecule has 0 bridgehead atoms. The lowest BCUT2D eigenvalue weighted by molar-refractivity contribution is 0.0762. The van der Waals surface area contributed by atoms with E-state index in [-0.39, 0.29) is 17.1 Å². The molecule has 0 aliphatic carbocycles. The monoisotopic (exact) mass is 286 g/mol. The Labute approximate surface area is 112 Å². The largest absolute Gasteiger partial charge is 0.495 e. The second-order valence-corrected chi connectivity index (χ2v) is 6.93. The van der Waals surface area contributed by atoms with Crippen LogP contribution in [0.15, 0.2) is 23.1 Å². The normalized spacial score (nSPS) is 24.6. The van der Waals surface area contributed by atoms with Gasteiger partial charge in [-0.2, -0.15) is 4.31 Å². The van der Waals surface area contributed by atoms with E-state index >= 15 is 0 Å². The minimum atomic E-state index is -3.62. The Hall–Kier alpha value is -1.31. The molecule has 0 spiro atoms. The van der Waals surface area contributed by atoms with Crippen molar-refractivity contribution in [2.45, 2.75) is 23.8 Å². The van der Waals surface area contributed by atoms with Crippen LogP contribution in [0.1, 0.15) is 13.3 Å². The van der Waals surface area contributed by atoms with Crippen LogP contribution in [0.5, 0.6) is 5.75 Å². The summed E-state index contributed by atoms with van der Waals surface area (Å²) in [6.07, 6.45) is 0.428. The summed E-state index contributed by atoms with van der Waals surface area (Å²) in [7, 11) is -2.15. The third-order valence-corrected chi connectivity index (χ3v) is 5.10.